The zero-order valence-electron chi connectivity index (χ0n) is 15.0. The van der Waals surface area contributed by atoms with Crippen LogP contribution in [0.1, 0.15) is 16.7 Å². The van der Waals surface area contributed by atoms with Crippen LogP contribution in [0.4, 0.5) is 5.69 Å². The van der Waals surface area contributed by atoms with Crippen LogP contribution in [0.2, 0.25) is 0 Å². The second-order valence-corrected chi connectivity index (χ2v) is 6.58. The van der Waals surface area contributed by atoms with Gasteiger partial charge in [0.05, 0.1) is 17.2 Å². The molecule has 1 aliphatic rings. The number of rotatable bonds is 3. The predicted octanol–water partition coefficient (Wildman–Crippen LogP) is 4.19. The molecule has 2 aromatic carbocycles. The van der Waals surface area contributed by atoms with E-state index < -0.39 is 4.65 Å². The fourth-order valence-corrected chi connectivity index (χ4v) is 3.49. The summed E-state index contributed by atoms with van der Waals surface area (Å²) >= 11 is 0. The van der Waals surface area contributed by atoms with E-state index in [0.29, 0.717) is 22.5 Å². The van der Waals surface area contributed by atoms with Gasteiger partial charge in [0.25, 0.3) is 0 Å². The highest BCUT2D eigenvalue weighted by molar-refractivity contribution is 5.86. The molecule has 0 spiro atoms. The number of para-hydroxylation sites is 1. The first-order chi connectivity index (χ1) is 13.6. The number of allylic oxidation sites excluding steroid dienone is 2. The lowest BCUT2D eigenvalue weighted by Gasteiger charge is -2.45. The number of pyridine rings is 1. The molecule has 1 aromatic heterocycles. The fourth-order valence-electron chi connectivity index (χ4n) is 3.49. The number of H-pyrrole nitrogens is 1. The number of hydroxylamine groups is 2. The van der Waals surface area contributed by atoms with E-state index in [4.69, 9.17) is 0 Å². The third-order valence-electron chi connectivity index (χ3n) is 4.87. The molecule has 0 saturated heterocycles. The van der Waals surface area contributed by atoms with Crippen LogP contribution in [-0.2, 0) is 0 Å². The highest BCUT2D eigenvalue weighted by atomic mass is 16.5. The zero-order chi connectivity index (χ0) is 19.6. The summed E-state index contributed by atoms with van der Waals surface area (Å²) in [4.78, 5) is 14.1. The summed E-state index contributed by atoms with van der Waals surface area (Å²) in [5, 5.41) is 23.6. The Bertz CT molecular complexity index is 1170. The Morgan fingerprint density at radius 2 is 1.71 bits per heavy atom. The second-order valence-electron chi connectivity index (χ2n) is 6.58. The summed E-state index contributed by atoms with van der Waals surface area (Å²) in [6, 6.07) is 21.7. The van der Waals surface area contributed by atoms with Gasteiger partial charge < -0.3 is 10.2 Å². The number of nitrogens with one attached hydrogen (secondary N) is 1. The van der Waals surface area contributed by atoms with Crippen molar-refractivity contribution in [3.05, 3.63) is 117 Å². The van der Waals surface area contributed by atoms with Gasteiger partial charge in [0.2, 0.25) is 5.56 Å². The summed E-state index contributed by atoms with van der Waals surface area (Å²) in [6.45, 7) is 0.146. The van der Waals surface area contributed by atoms with Gasteiger partial charge in [-0.3, -0.25) is 9.44 Å². The molecule has 136 valence electrons. The molecule has 3 aromatic rings. The molecule has 5 nitrogen and oxygen atoms in total. The number of aromatic nitrogens is 1. The monoisotopic (exact) mass is 367 g/mol. The zero-order valence-corrected chi connectivity index (χ0v) is 15.0. The Morgan fingerprint density at radius 3 is 2.43 bits per heavy atom. The molecule has 0 amide bonds. The highest BCUT2D eigenvalue weighted by Crippen LogP contribution is 2.39. The molecule has 28 heavy (non-hydrogen) atoms. The van der Waals surface area contributed by atoms with Crippen LogP contribution in [0.5, 0.6) is 0 Å². The normalized spacial score (nSPS) is 18.7. The van der Waals surface area contributed by atoms with Crippen LogP contribution in [0.15, 0.2) is 89.9 Å². The van der Waals surface area contributed by atoms with Crippen molar-refractivity contribution < 1.29 is 0 Å². The number of hydrogen-bond donors (Lipinski definition) is 1. The molecule has 1 atom stereocenters. The quantitative estimate of drug-likeness (QED) is 0.557. The molecule has 0 radical (unpaired) electrons. The van der Waals surface area contributed by atoms with E-state index >= 15 is 0 Å². The topological polar surface area (TPSA) is 79.7 Å². The molecule has 4 rings (SSSR count). The molecule has 1 unspecified atom stereocenters. The molecule has 0 aliphatic carbocycles. The first-order valence-electron chi connectivity index (χ1n) is 8.86. The summed E-state index contributed by atoms with van der Waals surface area (Å²) in [5.74, 6) is 0. The molecule has 5 heteroatoms. The van der Waals surface area contributed by atoms with Crippen LogP contribution >= 0.6 is 0 Å². The van der Waals surface area contributed by atoms with E-state index in [-0.39, 0.29) is 12.1 Å². The first kappa shape index (κ1) is 17.7. The average Bonchev–Trinajstić information content (AvgIpc) is 2.75. The third-order valence-corrected chi connectivity index (χ3v) is 4.87. The molecule has 0 fully saturated rings. The minimum Gasteiger partial charge on any atom is -0.622 e. The number of hydrogen-bond acceptors (Lipinski definition) is 3. The van der Waals surface area contributed by atoms with E-state index in [1.54, 1.807) is 36.5 Å². The fraction of sp³-hybridized carbons (Fsp3) is 0.0435. The second kappa shape index (κ2) is 7.12. The van der Waals surface area contributed by atoms with Crippen LogP contribution in [0.3, 0.4) is 0 Å². The Morgan fingerprint density at radius 1 is 0.964 bits per heavy atom. The van der Waals surface area contributed by atoms with Gasteiger partial charge in [-0.15, -0.1) is 0 Å². The van der Waals surface area contributed by atoms with Crippen molar-refractivity contribution in [3.63, 3.8) is 0 Å². The summed E-state index contributed by atoms with van der Waals surface area (Å²) in [7, 11) is 0. The molecule has 1 aliphatic heterocycles. The Balaban J connectivity index is 1.90. The van der Waals surface area contributed by atoms with Gasteiger partial charge in [0, 0.05) is 29.5 Å². The van der Waals surface area contributed by atoms with E-state index in [1.807, 2.05) is 42.5 Å². The van der Waals surface area contributed by atoms with Crippen molar-refractivity contribution in [3.8, 4) is 6.07 Å². The van der Waals surface area contributed by atoms with Crippen molar-refractivity contribution in [1.82, 2.24) is 9.63 Å². The van der Waals surface area contributed by atoms with Gasteiger partial charge in [-0.05, 0) is 30.3 Å². The van der Waals surface area contributed by atoms with Crippen LogP contribution in [0, 0.1) is 16.5 Å². The molecule has 0 saturated carbocycles. The molecule has 2 heterocycles. The Kier molecular flexibility index (Phi) is 4.50. The standard InChI is InChI=1S/C23H17N3O2/c24-14-17-6-4-5-9-21(17)19-10-12-22(18-11-13-23(27)25-15-18)26(28,16-19)20-7-2-1-3-8-20/h1-13,15H,16H2,(H,25,27). The average molecular weight is 367 g/mol. The number of nitriles is 1. The number of aromatic amines is 1. The van der Waals surface area contributed by atoms with Gasteiger partial charge in [-0.2, -0.15) is 5.26 Å². The van der Waals surface area contributed by atoms with E-state index in [1.165, 1.54) is 6.07 Å². The van der Waals surface area contributed by atoms with Crippen LogP contribution in [-0.4, -0.2) is 11.5 Å². The lowest BCUT2D eigenvalue weighted by Crippen LogP contribution is -2.44. The van der Waals surface area contributed by atoms with Crippen molar-refractivity contribution in [2.75, 3.05) is 6.54 Å². The predicted molar refractivity (Wildman–Crippen MR) is 111 cm³/mol. The van der Waals surface area contributed by atoms with Crippen molar-refractivity contribution in [1.29, 1.82) is 5.26 Å². The van der Waals surface area contributed by atoms with Crippen LogP contribution < -0.4 is 10.2 Å². The smallest absolute Gasteiger partial charge is 0.247 e. The first-order valence-corrected chi connectivity index (χ1v) is 8.86. The molecular formula is C23H17N3O2. The highest BCUT2D eigenvalue weighted by Gasteiger charge is 2.32. The van der Waals surface area contributed by atoms with E-state index in [0.717, 1.165) is 11.1 Å². The maximum atomic E-state index is 14.2. The number of nitrogens with zero attached hydrogens (tertiary/aromatic N) is 2. The Labute approximate surface area is 162 Å². The van der Waals surface area contributed by atoms with Gasteiger partial charge in [0.1, 0.15) is 17.9 Å². The largest absolute Gasteiger partial charge is 0.622 e. The van der Waals surface area contributed by atoms with Crippen molar-refractivity contribution >= 4 is 17.0 Å². The molecule has 0 bridgehead atoms. The molecule has 1 N–H and O–H groups in total. The van der Waals surface area contributed by atoms with Crippen LogP contribution in [0.25, 0.3) is 11.3 Å². The maximum Gasteiger partial charge on any atom is 0.247 e. The van der Waals surface area contributed by atoms with Gasteiger partial charge in [-0.25, -0.2) is 0 Å². The minimum atomic E-state index is -0.710. The summed E-state index contributed by atoms with van der Waals surface area (Å²) in [5.41, 5.74) is 3.64. The van der Waals surface area contributed by atoms with Gasteiger partial charge in [0.15, 0.2) is 0 Å². The maximum absolute atomic E-state index is 14.2. The van der Waals surface area contributed by atoms with Crippen molar-refractivity contribution in [2.45, 2.75) is 0 Å². The number of benzene rings is 2. The molecular weight excluding hydrogens is 350 g/mol. The third kappa shape index (κ3) is 3.08. The summed E-state index contributed by atoms with van der Waals surface area (Å²) < 4.78 is -0.710. The number of quaternary nitrogens is 1. The lowest BCUT2D eigenvalue weighted by atomic mass is 9.95. The van der Waals surface area contributed by atoms with E-state index in [9.17, 15) is 15.3 Å². The lowest BCUT2D eigenvalue weighted by molar-refractivity contribution is 0.574. The van der Waals surface area contributed by atoms with Gasteiger partial charge >= 0.3 is 0 Å². The summed E-state index contributed by atoms with van der Waals surface area (Å²) in [6.07, 6.45) is 5.22. The Hall–Kier alpha value is -3.72. The minimum absolute atomic E-state index is 0.146. The SMILES string of the molecule is N#Cc1ccccc1C1=CC=C(c2ccc(=O)[nH]c2)[N+]([O-])(c2ccccc2)C1. The van der Waals surface area contributed by atoms with E-state index in [2.05, 4.69) is 11.1 Å². The van der Waals surface area contributed by atoms with Crippen molar-refractivity contribution in [2.24, 2.45) is 0 Å². The van der Waals surface area contributed by atoms with Gasteiger partial charge in [-0.1, -0.05) is 36.4 Å².